The van der Waals surface area contributed by atoms with Crippen molar-refractivity contribution in [2.45, 2.75) is 13.3 Å². The first-order valence-corrected chi connectivity index (χ1v) is 9.47. The van der Waals surface area contributed by atoms with E-state index in [0.717, 1.165) is 0 Å². The van der Waals surface area contributed by atoms with Gasteiger partial charge in [-0.15, -0.1) is 0 Å². The Balaban J connectivity index is 2.33. The fourth-order valence-electron chi connectivity index (χ4n) is 1.85. The van der Waals surface area contributed by atoms with E-state index in [2.05, 4.69) is 11.8 Å². The summed E-state index contributed by atoms with van der Waals surface area (Å²) < 4.78 is 20.4. The number of allylic oxidation sites excluding steroid dienone is 1. The Labute approximate surface area is 179 Å². The number of halogens is 2. The molecule has 0 N–H and O–H groups in total. The quantitative estimate of drug-likeness (QED) is 0.211. The molecule has 1 aromatic rings. The van der Waals surface area contributed by atoms with Gasteiger partial charge in [0.05, 0.1) is 30.8 Å². The van der Waals surface area contributed by atoms with Crippen LogP contribution in [0.1, 0.15) is 13.3 Å². The Morgan fingerprint density at radius 3 is 2.62 bits per heavy atom. The van der Waals surface area contributed by atoms with Gasteiger partial charge in [-0.1, -0.05) is 35.0 Å². The first-order valence-electron chi connectivity index (χ1n) is 8.71. The number of benzene rings is 1. The van der Waals surface area contributed by atoms with Gasteiger partial charge in [-0.25, -0.2) is 4.79 Å². The average Bonchev–Trinajstić information content (AvgIpc) is 2.67. The summed E-state index contributed by atoms with van der Waals surface area (Å²) in [6.07, 6.45) is 1.33. The summed E-state index contributed by atoms with van der Waals surface area (Å²) >= 11 is 11.7. The Bertz CT molecular complexity index is 766. The van der Waals surface area contributed by atoms with Crippen molar-refractivity contribution in [3.05, 3.63) is 39.9 Å². The minimum atomic E-state index is -1.34. The number of hydrogen-bond donors (Lipinski definition) is 0. The molecule has 0 saturated carbocycles. The van der Waals surface area contributed by atoms with Gasteiger partial charge < -0.3 is 28.8 Å². The minimum Gasteiger partial charge on any atom is -0.545 e. The number of hydrogen-bond acceptors (Lipinski definition) is 7. The second-order valence-electron chi connectivity index (χ2n) is 5.36. The van der Waals surface area contributed by atoms with Gasteiger partial charge in [-0.05, 0) is 43.2 Å². The molecule has 0 aliphatic carbocycles. The number of carboxylic acid groups (broad SMARTS) is 1. The number of ether oxygens (including phenoxy) is 4. The number of esters is 1. The summed E-state index contributed by atoms with van der Waals surface area (Å²) in [4.78, 5) is 22.7. The molecular weight excluding hydrogens is 423 g/mol. The van der Waals surface area contributed by atoms with Crippen molar-refractivity contribution in [3.8, 4) is 17.6 Å². The highest BCUT2D eigenvalue weighted by atomic mass is 35.5. The highest BCUT2D eigenvalue weighted by molar-refractivity contribution is 6.35. The first-order chi connectivity index (χ1) is 13.9. The molecule has 0 aromatic heterocycles. The largest absolute Gasteiger partial charge is 0.545 e. The predicted molar refractivity (Wildman–Crippen MR) is 106 cm³/mol. The van der Waals surface area contributed by atoms with Crippen molar-refractivity contribution in [1.82, 2.24) is 0 Å². The zero-order valence-corrected chi connectivity index (χ0v) is 17.4. The van der Waals surface area contributed by atoms with E-state index in [1.165, 1.54) is 18.2 Å². The predicted octanol–water partition coefficient (Wildman–Crippen LogP) is 2.04. The molecule has 0 radical (unpaired) electrons. The fraction of sp³-hybridized carbons (Fsp3) is 0.400. The lowest BCUT2D eigenvalue weighted by atomic mass is 10.2. The smallest absolute Gasteiger partial charge is 0.345 e. The lowest BCUT2D eigenvalue weighted by molar-refractivity contribution is -0.299. The van der Waals surface area contributed by atoms with E-state index in [9.17, 15) is 14.7 Å². The van der Waals surface area contributed by atoms with E-state index in [-0.39, 0.29) is 36.8 Å². The Morgan fingerprint density at radius 2 is 1.93 bits per heavy atom. The van der Waals surface area contributed by atoms with Crippen LogP contribution in [-0.4, -0.2) is 51.6 Å². The van der Waals surface area contributed by atoms with Gasteiger partial charge in [0.1, 0.15) is 5.75 Å². The summed E-state index contributed by atoms with van der Waals surface area (Å²) in [6.45, 7) is 2.90. The summed E-state index contributed by atoms with van der Waals surface area (Å²) in [5, 5.41) is 11.8. The Morgan fingerprint density at radius 1 is 1.17 bits per heavy atom. The molecule has 9 heteroatoms. The van der Waals surface area contributed by atoms with Gasteiger partial charge in [0, 0.05) is 11.6 Å². The van der Waals surface area contributed by atoms with Gasteiger partial charge in [0.2, 0.25) is 0 Å². The molecule has 0 saturated heterocycles. The first kappa shape index (κ1) is 24.8. The Hall–Kier alpha value is -2.24. The number of carboxylic acids is 1. The van der Waals surface area contributed by atoms with Crippen molar-refractivity contribution in [3.63, 3.8) is 0 Å². The number of rotatable bonds is 12. The van der Waals surface area contributed by atoms with Gasteiger partial charge in [0.15, 0.2) is 13.2 Å². The van der Waals surface area contributed by atoms with Gasteiger partial charge in [-0.3, -0.25) is 0 Å². The summed E-state index contributed by atoms with van der Waals surface area (Å²) in [7, 11) is 0. The minimum absolute atomic E-state index is 0.0130. The molecule has 7 nitrogen and oxygen atoms in total. The maximum atomic E-state index is 11.6. The molecule has 0 aliphatic rings. The van der Waals surface area contributed by atoms with Gasteiger partial charge in [0.25, 0.3) is 0 Å². The maximum Gasteiger partial charge on any atom is 0.345 e. The van der Waals surface area contributed by atoms with Crippen LogP contribution in [0.3, 0.4) is 0 Å². The summed E-state index contributed by atoms with van der Waals surface area (Å²) in [6, 6.07) is 4.59. The standard InChI is InChI=1S/C20H22Cl2O7/c1-2-26-11-12-27-10-8-15(20(24)25)5-3-4-9-28-19(23)14-29-18-7-6-16(21)13-17(18)22/h5-7,13H,2,8-12,14H2,1H3,(H,24,25)/p-1/b15-5+. The number of carbonyl (C=O) groups excluding carboxylic acids is 2. The van der Waals surface area contributed by atoms with E-state index in [4.69, 9.17) is 42.1 Å². The molecule has 0 aliphatic heterocycles. The topological polar surface area (TPSA) is 94.1 Å². The lowest BCUT2D eigenvalue weighted by Crippen LogP contribution is -2.25. The number of carbonyl (C=O) groups is 2. The van der Waals surface area contributed by atoms with Crippen LogP contribution in [0.15, 0.2) is 29.8 Å². The highest BCUT2D eigenvalue weighted by Gasteiger charge is 2.07. The van der Waals surface area contributed by atoms with Crippen LogP contribution in [0.5, 0.6) is 5.75 Å². The summed E-state index contributed by atoms with van der Waals surface area (Å²) in [5.41, 5.74) is -0.0130. The van der Waals surface area contributed by atoms with E-state index in [0.29, 0.717) is 30.6 Å². The molecule has 158 valence electrons. The maximum absolute atomic E-state index is 11.6. The molecule has 0 heterocycles. The van der Waals surface area contributed by atoms with Crippen LogP contribution in [0, 0.1) is 11.8 Å². The van der Waals surface area contributed by atoms with Crippen LogP contribution in [-0.2, 0) is 23.8 Å². The lowest BCUT2D eigenvalue weighted by Gasteiger charge is -2.08. The van der Waals surface area contributed by atoms with Crippen LogP contribution in [0.25, 0.3) is 0 Å². The SMILES string of the molecule is CCOCCOCC/C(=C\C#CCOC(=O)COc1ccc(Cl)cc1Cl)C(=O)[O-]. The van der Waals surface area contributed by atoms with Gasteiger partial charge >= 0.3 is 5.97 Å². The molecule has 0 atom stereocenters. The molecule has 0 amide bonds. The second kappa shape index (κ2) is 14.7. The van der Waals surface area contributed by atoms with E-state index in [1.807, 2.05) is 6.92 Å². The average molecular weight is 444 g/mol. The van der Waals surface area contributed by atoms with E-state index >= 15 is 0 Å². The molecule has 0 fully saturated rings. The zero-order chi connectivity index (χ0) is 21.5. The Kier molecular flexibility index (Phi) is 12.6. The van der Waals surface area contributed by atoms with Crippen LogP contribution in [0.2, 0.25) is 10.0 Å². The number of aliphatic carboxylic acids is 1. The molecule has 1 aromatic carbocycles. The van der Waals surface area contributed by atoms with Crippen LogP contribution < -0.4 is 9.84 Å². The summed E-state index contributed by atoms with van der Waals surface area (Å²) in [5.74, 6) is 3.33. The molecular formula is C20H21Cl2O7-. The fourth-order valence-corrected chi connectivity index (χ4v) is 2.31. The second-order valence-corrected chi connectivity index (χ2v) is 6.21. The third-order valence-electron chi connectivity index (χ3n) is 3.25. The van der Waals surface area contributed by atoms with E-state index < -0.39 is 11.9 Å². The molecule has 29 heavy (non-hydrogen) atoms. The van der Waals surface area contributed by atoms with Crippen LogP contribution in [0.4, 0.5) is 0 Å². The normalized spacial score (nSPS) is 10.8. The van der Waals surface area contributed by atoms with Crippen molar-refractivity contribution in [1.29, 1.82) is 0 Å². The van der Waals surface area contributed by atoms with Crippen LogP contribution >= 0.6 is 23.2 Å². The third-order valence-corrected chi connectivity index (χ3v) is 3.78. The zero-order valence-electron chi connectivity index (χ0n) is 15.9. The van der Waals surface area contributed by atoms with Crippen molar-refractivity contribution < 1.29 is 33.6 Å². The highest BCUT2D eigenvalue weighted by Crippen LogP contribution is 2.27. The van der Waals surface area contributed by atoms with Gasteiger partial charge in [-0.2, -0.15) is 0 Å². The van der Waals surface area contributed by atoms with Crippen molar-refractivity contribution >= 4 is 35.1 Å². The molecule has 1 rings (SSSR count). The molecule has 0 bridgehead atoms. The monoisotopic (exact) mass is 443 g/mol. The molecule has 0 spiro atoms. The van der Waals surface area contributed by atoms with E-state index in [1.54, 1.807) is 6.07 Å². The van der Waals surface area contributed by atoms with Crippen molar-refractivity contribution in [2.75, 3.05) is 39.6 Å². The molecule has 0 unspecified atom stereocenters. The third kappa shape index (κ3) is 11.4. The van der Waals surface area contributed by atoms with Crippen molar-refractivity contribution in [2.24, 2.45) is 0 Å².